The Kier molecular flexibility index (Phi) is 3.86. The number of allylic oxidation sites excluding steroid dienone is 1. The van der Waals surface area contributed by atoms with Gasteiger partial charge in [0, 0.05) is 18.5 Å². The molecule has 0 spiro atoms. The van der Waals surface area contributed by atoms with Gasteiger partial charge in [0.25, 0.3) is 10.0 Å². The molecule has 2 aliphatic carbocycles. The molecule has 3 aliphatic rings. The van der Waals surface area contributed by atoms with Gasteiger partial charge in [0.05, 0.1) is 4.90 Å². The maximum Gasteiger partial charge on any atom is 0.253 e. The fourth-order valence-corrected chi connectivity index (χ4v) is 6.17. The number of aryl methyl sites for hydroxylation is 1. The molecule has 1 aromatic carbocycles. The summed E-state index contributed by atoms with van der Waals surface area (Å²) in [5.41, 5.74) is 1.49. The van der Waals surface area contributed by atoms with Gasteiger partial charge < -0.3 is 0 Å². The molecule has 2 unspecified atom stereocenters. The van der Waals surface area contributed by atoms with Crippen LogP contribution in [0.15, 0.2) is 41.3 Å². The Morgan fingerprint density at radius 3 is 2.54 bits per heavy atom. The van der Waals surface area contributed by atoms with Crippen LogP contribution in [0.3, 0.4) is 0 Å². The maximum atomic E-state index is 12.7. The highest BCUT2D eigenvalue weighted by molar-refractivity contribution is 7.89. The van der Waals surface area contributed by atoms with Gasteiger partial charge >= 0.3 is 0 Å². The van der Waals surface area contributed by atoms with Crippen LogP contribution in [0, 0.1) is 17.8 Å². The molecule has 2 atom stereocenters. The van der Waals surface area contributed by atoms with Crippen molar-refractivity contribution < 1.29 is 8.42 Å². The Morgan fingerprint density at radius 2 is 1.79 bits per heavy atom. The monoisotopic (exact) mass is 346 g/mol. The first-order valence-electron chi connectivity index (χ1n) is 8.97. The predicted molar refractivity (Wildman–Crippen MR) is 94.8 cm³/mol. The third-order valence-electron chi connectivity index (χ3n) is 6.36. The Labute approximate surface area is 145 Å². The summed E-state index contributed by atoms with van der Waals surface area (Å²) in [4.78, 5) is 3.21. The lowest BCUT2D eigenvalue weighted by atomic mass is 9.54. The van der Waals surface area contributed by atoms with E-state index in [1.165, 1.54) is 32.1 Å². The van der Waals surface area contributed by atoms with Crippen LogP contribution in [-0.4, -0.2) is 26.5 Å². The fraction of sp³-hybridized carbons (Fsp3) is 0.579. The molecule has 1 heterocycles. The van der Waals surface area contributed by atoms with Crippen molar-refractivity contribution in [2.24, 2.45) is 10.8 Å². The first kappa shape index (κ1) is 16.3. The molecule has 5 heteroatoms. The molecule has 0 radical (unpaired) electrons. The normalized spacial score (nSPS) is 33.2. The highest BCUT2D eigenvalue weighted by Gasteiger charge is 2.57. The second-order valence-corrected chi connectivity index (χ2v) is 9.51. The smallest absolute Gasteiger partial charge is 0.229 e. The minimum atomic E-state index is -3.50. The molecule has 4 nitrogen and oxygen atoms in total. The highest BCUT2D eigenvalue weighted by Crippen LogP contribution is 2.60. The first-order valence-corrected chi connectivity index (χ1v) is 10.5. The largest absolute Gasteiger partial charge is 0.253 e. The third kappa shape index (κ3) is 2.54. The average molecular weight is 346 g/mol. The highest BCUT2D eigenvalue weighted by atomic mass is 32.2. The van der Waals surface area contributed by atoms with E-state index in [0.717, 1.165) is 25.1 Å². The number of hydrazine groups is 1. The fourth-order valence-electron chi connectivity index (χ4n) is 5.10. The Bertz CT molecular complexity index is 756. The average Bonchev–Trinajstić information content (AvgIpc) is 2.88. The van der Waals surface area contributed by atoms with Crippen LogP contribution in [-0.2, 0) is 10.0 Å². The van der Waals surface area contributed by atoms with E-state index in [0.29, 0.717) is 4.90 Å². The number of benzene rings is 1. The van der Waals surface area contributed by atoms with E-state index >= 15 is 0 Å². The molecule has 0 bridgehead atoms. The third-order valence-corrected chi connectivity index (χ3v) is 7.75. The molecule has 4 rings (SSSR count). The predicted octanol–water partition coefficient (Wildman–Crippen LogP) is 3.40. The van der Waals surface area contributed by atoms with Crippen molar-refractivity contribution in [1.82, 2.24) is 9.84 Å². The summed E-state index contributed by atoms with van der Waals surface area (Å²) in [7, 11) is -3.50. The van der Waals surface area contributed by atoms with Gasteiger partial charge in [-0.25, -0.2) is 13.4 Å². The Balaban J connectivity index is 1.58. The second-order valence-electron chi connectivity index (χ2n) is 7.85. The molecule has 24 heavy (non-hydrogen) atoms. The number of nitrogens with zero attached hydrogens (tertiary/aromatic N) is 1. The summed E-state index contributed by atoms with van der Waals surface area (Å²) in [6, 6.07) is 7.06. The van der Waals surface area contributed by atoms with Crippen LogP contribution in [0.4, 0.5) is 0 Å². The standard InChI is InChI=1S/C19H26N2O2S/c1-16-6-8-17(9-7-16)24(22,23)20-21-14-18-10-2-3-11-19(18,15-21)13-5-4-12-18/h2,6-10,20H,3-5,11-15H2,1H3. The van der Waals surface area contributed by atoms with Crippen LogP contribution in [0.5, 0.6) is 0 Å². The van der Waals surface area contributed by atoms with Crippen molar-refractivity contribution in [2.45, 2.75) is 50.3 Å². The zero-order valence-corrected chi connectivity index (χ0v) is 15.1. The van der Waals surface area contributed by atoms with Crippen LogP contribution in [0.25, 0.3) is 0 Å². The van der Waals surface area contributed by atoms with Crippen LogP contribution < -0.4 is 4.83 Å². The molecule has 2 fully saturated rings. The number of hydrogen-bond acceptors (Lipinski definition) is 3. The van der Waals surface area contributed by atoms with E-state index in [1.807, 2.05) is 24.1 Å². The van der Waals surface area contributed by atoms with Gasteiger partial charge in [-0.1, -0.05) is 42.7 Å². The Morgan fingerprint density at radius 1 is 1.04 bits per heavy atom. The topological polar surface area (TPSA) is 49.4 Å². The van der Waals surface area contributed by atoms with E-state index in [2.05, 4.69) is 17.0 Å². The number of sulfonamides is 1. The van der Waals surface area contributed by atoms with E-state index in [1.54, 1.807) is 12.1 Å². The van der Waals surface area contributed by atoms with Crippen molar-refractivity contribution in [3.63, 3.8) is 0 Å². The quantitative estimate of drug-likeness (QED) is 0.854. The number of nitrogens with one attached hydrogen (secondary N) is 1. The molecule has 130 valence electrons. The lowest BCUT2D eigenvalue weighted by molar-refractivity contribution is 0.0636. The summed E-state index contributed by atoms with van der Waals surface area (Å²) in [6.45, 7) is 3.60. The van der Waals surface area contributed by atoms with Crippen molar-refractivity contribution in [1.29, 1.82) is 0 Å². The Hall–Kier alpha value is -1.17. The van der Waals surface area contributed by atoms with Crippen molar-refractivity contribution in [3.8, 4) is 0 Å². The molecular weight excluding hydrogens is 320 g/mol. The lowest BCUT2D eigenvalue weighted by Gasteiger charge is -2.49. The molecule has 0 amide bonds. The van der Waals surface area contributed by atoms with Gasteiger partial charge in [0.15, 0.2) is 0 Å². The SMILES string of the molecule is Cc1ccc(S(=O)(=O)NN2CC34C=CCCC3(CCCC4)C2)cc1. The summed E-state index contributed by atoms with van der Waals surface area (Å²) >= 11 is 0. The molecular formula is C19H26N2O2S. The second kappa shape index (κ2) is 5.68. The lowest BCUT2D eigenvalue weighted by Crippen LogP contribution is -2.43. The molecule has 1 saturated heterocycles. The van der Waals surface area contributed by atoms with Crippen LogP contribution in [0.1, 0.15) is 44.1 Å². The van der Waals surface area contributed by atoms with Crippen molar-refractivity contribution in [2.75, 3.05) is 13.1 Å². The van der Waals surface area contributed by atoms with Gasteiger partial charge in [-0.2, -0.15) is 0 Å². The zero-order chi connectivity index (χ0) is 16.8. The first-order chi connectivity index (χ1) is 11.4. The maximum absolute atomic E-state index is 12.7. The molecule has 1 saturated carbocycles. The van der Waals surface area contributed by atoms with Gasteiger partial charge in [-0.3, -0.25) is 0 Å². The summed E-state index contributed by atoms with van der Waals surface area (Å²) in [6.07, 6.45) is 12.0. The van der Waals surface area contributed by atoms with E-state index in [-0.39, 0.29) is 10.8 Å². The molecule has 1 aromatic rings. The van der Waals surface area contributed by atoms with Gasteiger partial charge in [0.1, 0.15) is 0 Å². The van der Waals surface area contributed by atoms with Crippen molar-refractivity contribution in [3.05, 3.63) is 42.0 Å². The molecule has 0 aromatic heterocycles. The zero-order valence-electron chi connectivity index (χ0n) is 14.3. The van der Waals surface area contributed by atoms with Gasteiger partial charge in [-0.15, -0.1) is 4.83 Å². The minimum Gasteiger partial charge on any atom is -0.229 e. The van der Waals surface area contributed by atoms with E-state index < -0.39 is 10.0 Å². The summed E-state index contributed by atoms with van der Waals surface area (Å²) in [5.74, 6) is 0. The summed E-state index contributed by atoms with van der Waals surface area (Å²) in [5, 5.41) is 1.97. The molecule has 1 aliphatic heterocycles. The van der Waals surface area contributed by atoms with Gasteiger partial charge in [-0.05, 0) is 50.2 Å². The van der Waals surface area contributed by atoms with Crippen LogP contribution >= 0.6 is 0 Å². The van der Waals surface area contributed by atoms with E-state index in [9.17, 15) is 8.42 Å². The number of hydrogen-bond donors (Lipinski definition) is 1. The van der Waals surface area contributed by atoms with Crippen LogP contribution in [0.2, 0.25) is 0 Å². The van der Waals surface area contributed by atoms with Gasteiger partial charge in [0.2, 0.25) is 0 Å². The van der Waals surface area contributed by atoms with Crippen molar-refractivity contribution >= 4 is 10.0 Å². The number of rotatable bonds is 3. The molecule has 1 N–H and O–H groups in total. The van der Waals surface area contributed by atoms with E-state index in [4.69, 9.17) is 0 Å². The summed E-state index contributed by atoms with van der Waals surface area (Å²) < 4.78 is 25.5. The minimum absolute atomic E-state index is 0.166.